The predicted molar refractivity (Wildman–Crippen MR) is 75.2 cm³/mol. The molecule has 2 aromatic rings. The Balaban J connectivity index is 2.00. The smallest absolute Gasteiger partial charge is 0.148 e. The van der Waals surface area contributed by atoms with E-state index in [1.165, 1.54) is 24.0 Å². The molecule has 1 heterocycles. The Bertz CT molecular complexity index is 611. The molecule has 1 fully saturated rings. The second-order valence-electron chi connectivity index (χ2n) is 5.03. The van der Waals surface area contributed by atoms with Crippen LogP contribution in [0.1, 0.15) is 46.8 Å². The summed E-state index contributed by atoms with van der Waals surface area (Å²) in [6.45, 7) is 4.19. The van der Waals surface area contributed by atoms with E-state index in [1.807, 2.05) is 0 Å². The van der Waals surface area contributed by atoms with Gasteiger partial charge in [0.2, 0.25) is 0 Å². The average Bonchev–Trinajstić information content (AvgIpc) is 3.06. The summed E-state index contributed by atoms with van der Waals surface area (Å²) in [5.74, 6) is 1.51. The molecule has 0 spiro atoms. The van der Waals surface area contributed by atoms with E-state index in [0.717, 1.165) is 21.8 Å². The number of nitrogens with zero attached hydrogens (tertiary/aromatic N) is 1. The monoisotopic (exact) mass is 257 g/mol. The molecule has 0 aliphatic heterocycles. The zero-order valence-electron chi connectivity index (χ0n) is 10.6. The molecule has 1 saturated carbocycles. The molecule has 0 atom stereocenters. The molecule has 92 valence electrons. The first-order valence-electron chi connectivity index (χ1n) is 6.23. The largest absolute Gasteiger partial charge is 0.360 e. The number of hydrogen-bond donors (Lipinski definition) is 0. The summed E-state index contributed by atoms with van der Waals surface area (Å²) in [4.78, 5) is 0.857. The number of benzene rings is 1. The number of aromatic nitrogens is 1. The van der Waals surface area contributed by atoms with E-state index < -0.39 is 0 Å². The van der Waals surface area contributed by atoms with Crippen LogP contribution in [0.4, 0.5) is 0 Å². The topological polar surface area (TPSA) is 26.0 Å². The molecular weight excluding hydrogens is 242 g/mol. The first kappa shape index (κ1) is 11.6. The molecule has 0 saturated heterocycles. The highest BCUT2D eigenvalue weighted by atomic mass is 32.1. The van der Waals surface area contributed by atoms with Gasteiger partial charge in [-0.1, -0.05) is 41.1 Å². The van der Waals surface area contributed by atoms with Crippen LogP contribution in [-0.4, -0.2) is 10.0 Å². The van der Waals surface area contributed by atoms with E-state index >= 15 is 0 Å². The van der Waals surface area contributed by atoms with E-state index in [-0.39, 0.29) is 0 Å². The van der Waals surface area contributed by atoms with Gasteiger partial charge < -0.3 is 4.52 Å². The van der Waals surface area contributed by atoms with Crippen molar-refractivity contribution in [2.75, 3.05) is 0 Å². The van der Waals surface area contributed by atoms with Gasteiger partial charge in [-0.2, -0.15) is 0 Å². The lowest BCUT2D eigenvalue weighted by Gasteiger charge is -2.08. The summed E-state index contributed by atoms with van der Waals surface area (Å²) < 4.78 is 5.36. The summed E-state index contributed by atoms with van der Waals surface area (Å²) in [5, 5.41) is 3.91. The summed E-state index contributed by atoms with van der Waals surface area (Å²) in [5.41, 5.74) is 4.58. The fraction of sp³-hybridized carbons (Fsp3) is 0.333. The van der Waals surface area contributed by atoms with Crippen molar-refractivity contribution in [2.24, 2.45) is 0 Å². The second-order valence-corrected chi connectivity index (χ2v) is 5.43. The van der Waals surface area contributed by atoms with E-state index in [9.17, 15) is 0 Å². The number of aryl methyl sites for hydroxylation is 2. The summed E-state index contributed by atoms with van der Waals surface area (Å²) in [6.07, 6.45) is 4.14. The minimum absolute atomic E-state index is 0.534. The Morgan fingerprint density at radius 1 is 1.28 bits per heavy atom. The molecule has 1 aromatic carbocycles. The van der Waals surface area contributed by atoms with Crippen molar-refractivity contribution in [3.8, 4) is 0 Å². The van der Waals surface area contributed by atoms with Gasteiger partial charge in [0.1, 0.15) is 5.76 Å². The van der Waals surface area contributed by atoms with Crippen molar-refractivity contribution in [3.05, 3.63) is 52.4 Å². The SMILES string of the molecule is Cc1ccc(C(=S)c2cnoc2C2CC2)c(C)c1. The molecule has 0 amide bonds. The Morgan fingerprint density at radius 3 is 2.72 bits per heavy atom. The number of rotatable bonds is 3. The van der Waals surface area contributed by atoms with Crippen molar-refractivity contribution in [1.82, 2.24) is 5.16 Å². The van der Waals surface area contributed by atoms with Crippen LogP contribution in [0.25, 0.3) is 0 Å². The lowest BCUT2D eigenvalue weighted by Crippen LogP contribution is -2.03. The third kappa shape index (κ3) is 1.99. The van der Waals surface area contributed by atoms with Gasteiger partial charge >= 0.3 is 0 Å². The molecule has 0 bridgehead atoms. The maximum absolute atomic E-state index is 5.61. The maximum Gasteiger partial charge on any atom is 0.148 e. The van der Waals surface area contributed by atoms with Crippen molar-refractivity contribution in [3.63, 3.8) is 0 Å². The highest BCUT2D eigenvalue weighted by Gasteiger charge is 2.31. The van der Waals surface area contributed by atoms with E-state index in [0.29, 0.717) is 5.92 Å². The molecule has 1 aliphatic carbocycles. The highest BCUT2D eigenvalue weighted by molar-refractivity contribution is 7.81. The van der Waals surface area contributed by atoms with Gasteiger partial charge in [0.05, 0.1) is 16.6 Å². The molecular formula is C15H15NOS. The van der Waals surface area contributed by atoms with E-state index in [1.54, 1.807) is 6.20 Å². The molecule has 3 rings (SSSR count). The summed E-state index contributed by atoms with van der Waals surface area (Å²) >= 11 is 5.61. The number of hydrogen-bond acceptors (Lipinski definition) is 3. The lowest BCUT2D eigenvalue weighted by atomic mass is 9.98. The summed E-state index contributed by atoms with van der Waals surface area (Å²) in [6, 6.07) is 6.35. The normalized spacial score (nSPS) is 14.8. The fourth-order valence-electron chi connectivity index (χ4n) is 2.27. The standard InChI is InChI=1S/C15H15NOS/c1-9-3-6-12(10(2)7-9)15(18)13-8-16-17-14(13)11-4-5-11/h3,6-8,11H,4-5H2,1-2H3. The van der Waals surface area contributed by atoms with Crippen LogP contribution in [-0.2, 0) is 0 Å². The molecule has 0 radical (unpaired) electrons. The van der Waals surface area contributed by atoms with Gasteiger partial charge in [-0.15, -0.1) is 0 Å². The van der Waals surface area contributed by atoms with Crippen molar-refractivity contribution in [2.45, 2.75) is 32.6 Å². The Kier molecular flexibility index (Phi) is 2.78. The Morgan fingerprint density at radius 2 is 2.06 bits per heavy atom. The van der Waals surface area contributed by atoms with Crippen molar-refractivity contribution >= 4 is 17.1 Å². The van der Waals surface area contributed by atoms with E-state index in [4.69, 9.17) is 16.7 Å². The van der Waals surface area contributed by atoms with Gasteiger partial charge in [0, 0.05) is 5.92 Å². The van der Waals surface area contributed by atoms with Crippen LogP contribution in [0.15, 0.2) is 28.9 Å². The molecule has 2 nitrogen and oxygen atoms in total. The zero-order chi connectivity index (χ0) is 12.7. The predicted octanol–water partition coefficient (Wildman–Crippen LogP) is 3.94. The van der Waals surface area contributed by atoms with Gasteiger partial charge in [-0.05, 0) is 37.8 Å². The van der Waals surface area contributed by atoms with Crippen LogP contribution < -0.4 is 0 Å². The fourth-order valence-corrected chi connectivity index (χ4v) is 2.65. The average molecular weight is 257 g/mol. The van der Waals surface area contributed by atoms with Crippen LogP contribution in [0.2, 0.25) is 0 Å². The molecule has 1 aliphatic rings. The van der Waals surface area contributed by atoms with E-state index in [2.05, 4.69) is 37.2 Å². The minimum Gasteiger partial charge on any atom is -0.360 e. The Hall–Kier alpha value is -1.48. The van der Waals surface area contributed by atoms with Crippen LogP contribution in [0.3, 0.4) is 0 Å². The lowest BCUT2D eigenvalue weighted by molar-refractivity contribution is 0.384. The van der Waals surface area contributed by atoms with Gasteiger partial charge in [0.15, 0.2) is 0 Å². The van der Waals surface area contributed by atoms with Crippen molar-refractivity contribution in [1.29, 1.82) is 0 Å². The third-order valence-electron chi connectivity index (χ3n) is 3.42. The zero-order valence-corrected chi connectivity index (χ0v) is 11.4. The molecule has 1 aromatic heterocycles. The Labute approximate surface area is 112 Å². The van der Waals surface area contributed by atoms with Gasteiger partial charge in [0.25, 0.3) is 0 Å². The third-order valence-corrected chi connectivity index (χ3v) is 3.86. The van der Waals surface area contributed by atoms with Crippen molar-refractivity contribution < 1.29 is 4.52 Å². The van der Waals surface area contributed by atoms with Gasteiger partial charge in [-0.25, -0.2) is 0 Å². The highest BCUT2D eigenvalue weighted by Crippen LogP contribution is 2.42. The quantitative estimate of drug-likeness (QED) is 0.615. The first-order chi connectivity index (χ1) is 8.66. The first-order valence-corrected chi connectivity index (χ1v) is 6.64. The summed E-state index contributed by atoms with van der Waals surface area (Å²) in [7, 11) is 0. The van der Waals surface area contributed by atoms with Gasteiger partial charge in [-0.3, -0.25) is 0 Å². The molecule has 0 N–H and O–H groups in total. The molecule has 18 heavy (non-hydrogen) atoms. The molecule has 3 heteroatoms. The van der Waals surface area contributed by atoms with Crippen LogP contribution >= 0.6 is 12.2 Å². The number of thiocarbonyl (C=S) groups is 1. The maximum atomic E-state index is 5.61. The second kappa shape index (κ2) is 4.32. The van der Waals surface area contributed by atoms with Crippen LogP contribution in [0.5, 0.6) is 0 Å². The molecule has 0 unspecified atom stereocenters. The minimum atomic E-state index is 0.534. The van der Waals surface area contributed by atoms with Crippen LogP contribution in [0, 0.1) is 13.8 Å².